The van der Waals surface area contributed by atoms with E-state index in [1.165, 1.54) is 5.70 Å². The third kappa shape index (κ3) is 1.12. The third-order valence-corrected chi connectivity index (χ3v) is 4.82. The first-order chi connectivity index (χ1) is 6.71. The van der Waals surface area contributed by atoms with Gasteiger partial charge in [-0.3, -0.25) is 0 Å². The largest absolute Gasteiger partial charge is 0.332 e. The molecule has 2 aliphatic rings. The maximum absolute atomic E-state index is 5.50. The summed E-state index contributed by atoms with van der Waals surface area (Å²) in [6.07, 6.45) is 1.01. The second kappa shape index (κ2) is 2.85. The van der Waals surface area contributed by atoms with Crippen molar-refractivity contribution in [1.29, 1.82) is 0 Å². The van der Waals surface area contributed by atoms with Gasteiger partial charge < -0.3 is 4.90 Å². The van der Waals surface area contributed by atoms with Crippen molar-refractivity contribution in [3.63, 3.8) is 0 Å². The Kier molecular flexibility index (Phi) is 2.11. The predicted molar refractivity (Wildman–Crippen MR) is 68.8 cm³/mol. The Morgan fingerprint density at radius 3 is 2.20 bits per heavy atom. The van der Waals surface area contributed by atoms with Gasteiger partial charge in [-0.1, -0.05) is 39.9 Å². The van der Waals surface area contributed by atoms with Crippen LogP contribution in [0.2, 0.25) is 0 Å². The third-order valence-electron chi connectivity index (χ3n) is 4.50. The van der Waals surface area contributed by atoms with Crippen LogP contribution in [-0.2, 0) is 0 Å². The van der Waals surface area contributed by atoms with Crippen LogP contribution in [-0.4, -0.2) is 15.4 Å². The van der Waals surface area contributed by atoms with Gasteiger partial charge in [0.1, 0.15) is 0 Å². The molecule has 15 heavy (non-hydrogen) atoms. The lowest BCUT2D eigenvalue weighted by Crippen LogP contribution is -2.66. The van der Waals surface area contributed by atoms with Gasteiger partial charge in [0.05, 0.1) is 10.5 Å². The van der Waals surface area contributed by atoms with E-state index < -0.39 is 0 Å². The molecular formula is C13H21NS. The summed E-state index contributed by atoms with van der Waals surface area (Å²) in [5.74, 6) is 0.623. The molecule has 0 unspecified atom stereocenters. The molecule has 2 heteroatoms. The Bertz CT molecular complexity index is 361. The molecule has 2 aliphatic heterocycles. The summed E-state index contributed by atoms with van der Waals surface area (Å²) in [5, 5.41) is 0. The summed E-state index contributed by atoms with van der Waals surface area (Å²) in [4.78, 5) is 3.51. The first-order valence-electron chi connectivity index (χ1n) is 5.78. The second-order valence-corrected chi connectivity index (χ2v) is 6.59. The first kappa shape index (κ1) is 11.1. The van der Waals surface area contributed by atoms with Crippen molar-refractivity contribution in [1.82, 2.24) is 4.90 Å². The molecule has 0 amide bonds. The molecule has 2 heterocycles. The molecule has 0 atom stereocenters. The average molecular weight is 223 g/mol. The summed E-state index contributed by atoms with van der Waals surface area (Å²) in [6.45, 7) is 13.8. The van der Waals surface area contributed by atoms with Gasteiger partial charge in [0.2, 0.25) is 0 Å². The van der Waals surface area contributed by atoms with Gasteiger partial charge in [-0.15, -0.1) is 0 Å². The molecule has 0 aromatic rings. The molecule has 1 fully saturated rings. The summed E-state index contributed by atoms with van der Waals surface area (Å²) in [6, 6.07) is 0. The van der Waals surface area contributed by atoms with E-state index in [-0.39, 0.29) is 11.0 Å². The molecule has 0 N–H and O–H groups in total. The molecule has 84 valence electrons. The van der Waals surface area contributed by atoms with E-state index >= 15 is 0 Å². The van der Waals surface area contributed by atoms with Gasteiger partial charge in [0.15, 0.2) is 0 Å². The van der Waals surface area contributed by atoms with Crippen molar-refractivity contribution in [2.24, 2.45) is 11.3 Å². The van der Waals surface area contributed by atoms with Gasteiger partial charge in [-0.25, -0.2) is 0 Å². The fraction of sp³-hybridized carbons (Fsp3) is 0.769. The van der Waals surface area contributed by atoms with Gasteiger partial charge in [0.25, 0.3) is 0 Å². The average Bonchev–Trinajstić information content (AvgIpc) is 2.42. The van der Waals surface area contributed by atoms with Crippen molar-refractivity contribution >= 4 is 17.2 Å². The van der Waals surface area contributed by atoms with Crippen LogP contribution in [0.3, 0.4) is 0 Å². The lowest BCUT2D eigenvalue weighted by Gasteiger charge is -2.62. The zero-order valence-electron chi connectivity index (χ0n) is 10.6. The van der Waals surface area contributed by atoms with Crippen LogP contribution in [0.15, 0.2) is 11.3 Å². The second-order valence-electron chi connectivity index (χ2n) is 6.12. The quantitative estimate of drug-likeness (QED) is 0.623. The predicted octanol–water partition coefficient (Wildman–Crippen LogP) is 3.75. The van der Waals surface area contributed by atoms with E-state index in [1.807, 2.05) is 0 Å². The van der Waals surface area contributed by atoms with Crippen molar-refractivity contribution in [2.75, 3.05) is 0 Å². The lowest BCUT2D eigenvalue weighted by molar-refractivity contribution is 0.00181. The molecule has 0 aromatic heterocycles. The van der Waals surface area contributed by atoms with E-state index in [1.54, 1.807) is 5.57 Å². The molecule has 1 nitrogen and oxygen atoms in total. The highest BCUT2D eigenvalue weighted by Gasteiger charge is 2.61. The van der Waals surface area contributed by atoms with Crippen molar-refractivity contribution in [3.8, 4) is 0 Å². The van der Waals surface area contributed by atoms with E-state index in [4.69, 9.17) is 12.2 Å². The van der Waals surface area contributed by atoms with Crippen LogP contribution < -0.4 is 0 Å². The number of thiocarbonyl (C=S) groups is 1. The normalized spacial score (nSPS) is 27.1. The monoisotopic (exact) mass is 223 g/mol. The number of nitrogens with zero attached hydrogens (tertiary/aromatic N) is 1. The summed E-state index contributed by atoms with van der Waals surface area (Å²) >= 11 is 5.50. The number of fused-ring (bicyclic) bond motifs is 1. The lowest BCUT2D eigenvalue weighted by atomic mass is 9.62. The van der Waals surface area contributed by atoms with Gasteiger partial charge in [-0.2, -0.15) is 0 Å². The highest BCUT2D eigenvalue weighted by atomic mass is 32.1. The van der Waals surface area contributed by atoms with Gasteiger partial charge in [-0.05, 0) is 25.3 Å². The number of hydrogen-bond acceptors (Lipinski definition) is 1. The highest BCUT2D eigenvalue weighted by molar-refractivity contribution is 7.80. The highest BCUT2D eigenvalue weighted by Crippen LogP contribution is 2.60. The molecule has 1 saturated heterocycles. The van der Waals surface area contributed by atoms with E-state index in [2.05, 4.69) is 46.4 Å². The Labute approximate surface area is 98.5 Å². The van der Waals surface area contributed by atoms with Crippen molar-refractivity contribution in [2.45, 2.75) is 53.5 Å². The van der Waals surface area contributed by atoms with Crippen molar-refractivity contribution < 1.29 is 0 Å². The summed E-state index contributed by atoms with van der Waals surface area (Å²) in [5.41, 5.74) is 3.53. The smallest absolute Gasteiger partial charge is 0.0868 e. The summed E-state index contributed by atoms with van der Waals surface area (Å²) < 4.78 is 0. The molecule has 0 aliphatic carbocycles. The Morgan fingerprint density at radius 2 is 1.73 bits per heavy atom. The fourth-order valence-corrected chi connectivity index (χ4v) is 3.34. The van der Waals surface area contributed by atoms with E-state index in [9.17, 15) is 0 Å². The Balaban J connectivity index is 2.51. The first-order valence-corrected chi connectivity index (χ1v) is 6.18. The fourth-order valence-electron chi connectivity index (χ4n) is 2.86. The summed E-state index contributed by atoms with van der Waals surface area (Å²) in [7, 11) is 0. The van der Waals surface area contributed by atoms with E-state index in [0.29, 0.717) is 5.92 Å². The van der Waals surface area contributed by atoms with Crippen LogP contribution in [0.25, 0.3) is 0 Å². The minimum Gasteiger partial charge on any atom is -0.332 e. The van der Waals surface area contributed by atoms with Crippen LogP contribution in [0.4, 0.5) is 0 Å². The molecule has 2 rings (SSSR count). The van der Waals surface area contributed by atoms with Crippen LogP contribution >= 0.6 is 12.2 Å². The number of rotatable bonds is 1. The molecule has 0 aromatic carbocycles. The molecule has 0 saturated carbocycles. The van der Waals surface area contributed by atoms with Crippen LogP contribution in [0, 0.1) is 11.3 Å². The van der Waals surface area contributed by atoms with Crippen LogP contribution in [0.5, 0.6) is 0 Å². The topological polar surface area (TPSA) is 3.24 Å². The zero-order valence-corrected chi connectivity index (χ0v) is 11.5. The molecular weight excluding hydrogens is 202 g/mol. The standard InChI is InChI=1S/C13H21NS/c1-8(2)9-7-10(15)14-11(9)12(3,4)13(14,5)6/h8H,7H2,1-6H3. The Hall–Kier alpha value is -0.370. The molecule has 0 radical (unpaired) electrons. The van der Waals surface area contributed by atoms with Crippen LogP contribution in [0.1, 0.15) is 48.0 Å². The minimum absolute atomic E-state index is 0.191. The molecule has 0 spiro atoms. The number of hydrogen-bond donors (Lipinski definition) is 0. The Morgan fingerprint density at radius 1 is 1.20 bits per heavy atom. The SMILES string of the molecule is CC(C)C1=C2N(C(=S)C1)C(C)(C)C2(C)C. The maximum Gasteiger partial charge on any atom is 0.0868 e. The van der Waals surface area contributed by atoms with E-state index in [0.717, 1.165) is 11.4 Å². The zero-order chi connectivity index (χ0) is 11.6. The molecule has 0 bridgehead atoms. The van der Waals surface area contributed by atoms with Gasteiger partial charge in [0, 0.05) is 17.5 Å². The van der Waals surface area contributed by atoms with Crippen molar-refractivity contribution in [3.05, 3.63) is 11.3 Å². The van der Waals surface area contributed by atoms with Gasteiger partial charge >= 0.3 is 0 Å². The minimum atomic E-state index is 0.191. The maximum atomic E-state index is 5.50.